The maximum Gasteiger partial charge on any atom is 0.329 e. The number of hydrogen-bond donors (Lipinski definition) is 4. The molecule has 0 unspecified atom stereocenters. The first-order valence-corrected chi connectivity index (χ1v) is 32.7. The van der Waals surface area contributed by atoms with Gasteiger partial charge in [0.05, 0.1) is 25.9 Å². The number of hydrogen-bond acceptors (Lipinski definition) is 18. The molecule has 0 spiro atoms. The zero-order valence-corrected chi connectivity index (χ0v) is 52.6. The molecule has 0 aliphatic carbocycles. The second-order valence-electron chi connectivity index (χ2n) is 20.0. The van der Waals surface area contributed by atoms with Crippen molar-refractivity contribution in [1.82, 2.24) is 31.2 Å². The summed E-state index contributed by atoms with van der Waals surface area (Å²) in [5.74, 6) is -0.978. The Hall–Kier alpha value is -3.36. The van der Waals surface area contributed by atoms with Crippen LogP contribution in [-0.2, 0) is 56.1 Å². The Morgan fingerprint density at radius 2 is 1.18 bits per heavy atom. The molecule has 0 aromatic carbocycles. The van der Waals surface area contributed by atoms with E-state index in [-0.39, 0.29) is 73.9 Å². The van der Waals surface area contributed by atoms with Crippen LogP contribution in [0.5, 0.6) is 0 Å². The van der Waals surface area contributed by atoms with E-state index in [0.717, 1.165) is 26.8 Å². The van der Waals surface area contributed by atoms with Crippen LogP contribution >= 0.6 is 92.2 Å². The first-order valence-electron chi connectivity index (χ1n) is 26.2. The molecular weight excluding hydrogens is 1230 g/mol. The van der Waals surface area contributed by atoms with E-state index in [9.17, 15) is 33.6 Å². The summed E-state index contributed by atoms with van der Waals surface area (Å²) in [5, 5.41) is 18.1. The van der Waals surface area contributed by atoms with Gasteiger partial charge < -0.3 is 30.7 Å². The largest absolute Gasteiger partial charge is 0.456 e. The number of amides is 4. The molecule has 6 atom stereocenters. The van der Waals surface area contributed by atoms with E-state index in [1.807, 2.05) is 44.5 Å². The highest BCUT2D eigenvalue weighted by Gasteiger charge is 2.43. The summed E-state index contributed by atoms with van der Waals surface area (Å²) >= 11 is 15.1. The third-order valence-electron chi connectivity index (χ3n) is 11.8. The molecule has 0 saturated carbocycles. The summed E-state index contributed by atoms with van der Waals surface area (Å²) in [5.41, 5.74) is -0.676. The Balaban J connectivity index is 0.000000388. The van der Waals surface area contributed by atoms with Gasteiger partial charge in [0.1, 0.15) is 66.9 Å². The molecule has 78 heavy (non-hydrogen) atoms. The SMILES string of the molecule is C.CC(C)I.CC(C)[C@@H]1NC(=O)[C@]2(C)CSC(=N2)c2csc(n2)CNC(=O)C[C@@H](/C=C/CCCl)OC1=O.CCCCCCCC(=O)SCC/C=C/[C@@H]1CC(=O)NCc2nc(cs2)C2=N[C@@](C)(CS2)C(=O)N[C@@H](C(C)C)C(=O)O1. The minimum atomic E-state index is -1.04. The number of aromatic nitrogens is 2. The summed E-state index contributed by atoms with van der Waals surface area (Å²) in [6.45, 7) is 17.8. The van der Waals surface area contributed by atoms with Crippen LogP contribution < -0.4 is 21.3 Å². The Morgan fingerprint density at radius 3 is 1.60 bits per heavy atom. The van der Waals surface area contributed by atoms with Crippen LogP contribution in [-0.4, -0.2) is 123 Å². The highest BCUT2D eigenvalue weighted by Crippen LogP contribution is 2.34. The van der Waals surface area contributed by atoms with Gasteiger partial charge in [-0.3, -0.25) is 34.0 Å². The Labute approximate surface area is 501 Å². The summed E-state index contributed by atoms with van der Waals surface area (Å²) in [4.78, 5) is 108. The van der Waals surface area contributed by atoms with Crippen LogP contribution in [0, 0.1) is 11.8 Å². The molecule has 8 bridgehead atoms. The molecule has 24 heteroatoms. The lowest BCUT2D eigenvalue weighted by Crippen LogP contribution is -2.53. The number of allylic oxidation sites excluding steroid dienone is 2. The molecule has 434 valence electrons. The molecule has 0 radical (unpaired) electrons. The molecule has 4 aliphatic heterocycles. The number of fused-ring (bicyclic) bond motifs is 8. The first-order chi connectivity index (χ1) is 36.6. The highest BCUT2D eigenvalue weighted by molar-refractivity contribution is 14.1. The highest BCUT2D eigenvalue weighted by atomic mass is 127. The Morgan fingerprint density at radius 1 is 0.744 bits per heavy atom. The van der Waals surface area contributed by atoms with Crippen LogP contribution in [0.1, 0.15) is 155 Å². The number of carbonyl (C=O) groups excluding carboxylic acids is 7. The average molecular weight is 1310 g/mol. The summed E-state index contributed by atoms with van der Waals surface area (Å²) in [7, 11) is 0. The van der Waals surface area contributed by atoms with Gasteiger partial charge in [-0.15, -0.1) is 57.8 Å². The minimum absolute atomic E-state index is 0. The predicted molar refractivity (Wildman–Crippen MR) is 330 cm³/mol. The molecule has 4 N–H and O–H groups in total. The van der Waals surface area contributed by atoms with E-state index >= 15 is 0 Å². The zero-order chi connectivity index (χ0) is 56.7. The summed E-state index contributed by atoms with van der Waals surface area (Å²) in [6.07, 6.45) is 12.6. The van der Waals surface area contributed by atoms with E-state index in [1.54, 1.807) is 32.1 Å². The fourth-order valence-electron chi connectivity index (χ4n) is 7.41. The number of carbonyl (C=O) groups is 7. The zero-order valence-electron chi connectivity index (χ0n) is 45.6. The number of unbranched alkanes of at least 4 members (excludes halogenated alkanes) is 4. The van der Waals surface area contributed by atoms with Crippen molar-refractivity contribution in [2.45, 2.75) is 186 Å². The number of cyclic esters (lactones) is 2. The van der Waals surface area contributed by atoms with Crippen molar-refractivity contribution in [3.8, 4) is 0 Å². The maximum absolute atomic E-state index is 13.3. The number of esters is 2. The van der Waals surface area contributed by atoms with Gasteiger partial charge >= 0.3 is 11.9 Å². The molecule has 6 heterocycles. The summed E-state index contributed by atoms with van der Waals surface area (Å²) < 4.78 is 12.2. The topological polar surface area (TPSA) is 237 Å². The number of nitrogens with zero attached hydrogens (tertiary/aromatic N) is 4. The van der Waals surface area contributed by atoms with Gasteiger partial charge in [0.25, 0.3) is 0 Å². The number of halogens is 2. The second-order valence-corrected chi connectivity index (χ2v) is 27.9. The van der Waals surface area contributed by atoms with Gasteiger partial charge in [-0.05, 0) is 57.1 Å². The molecule has 2 aromatic heterocycles. The fraction of sp³-hybridized carbons (Fsp3) is 0.648. The Bertz CT molecular complexity index is 2450. The van der Waals surface area contributed by atoms with E-state index in [1.165, 1.54) is 77.2 Å². The third kappa shape index (κ3) is 23.2. The van der Waals surface area contributed by atoms with Gasteiger partial charge in [0.2, 0.25) is 23.6 Å². The maximum atomic E-state index is 13.3. The van der Waals surface area contributed by atoms with Crippen molar-refractivity contribution < 1.29 is 43.0 Å². The van der Waals surface area contributed by atoms with E-state index < -0.39 is 47.3 Å². The van der Waals surface area contributed by atoms with Gasteiger partial charge in [0.15, 0.2) is 5.12 Å². The van der Waals surface area contributed by atoms with E-state index in [0.29, 0.717) is 63.9 Å². The molecule has 0 fully saturated rings. The number of nitrogens with one attached hydrogen (secondary N) is 4. The smallest absolute Gasteiger partial charge is 0.329 e. The number of thioether (sulfide) groups is 3. The quantitative estimate of drug-likeness (QED) is 0.0427. The molecule has 0 saturated heterocycles. The standard InChI is InChI=1S/C29H42N4O5S3.C21H27ClN4O4S2.C3H7I.CH4/c1-5-6-7-8-9-13-24(35)39-14-11-10-12-20-15-22(34)30-16-23-31-21(17-40-23)26-33-29(4,18-41-26)28(37)32-25(19(2)3)27(36)38-20;1-12(2)17-19(28)30-13(6-4-5-7-22)8-15(27)23-9-16-24-14(10-31-16)18-26-21(3,11-32-18)20(29)25-17;1-3(2)4;/h10,12,17,19-20,25H,5-9,11,13-16,18H2,1-4H3,(H,30,34)(H,32,37);4,6,10,12-13,17H,5,7-9,11H2,1-3H3,(H,23,27)(H,25,29);3H,1-2H3;1H4/b12-10+;6-4+;;/t20-,25+,29+;13-,17+,21+;;/m11../s1. The number of aliphatic imine (C=N–C) groups is 2. The van der Waals surface area contributed by atoms with Crippen LogP contribution in [0.3, 0.4) is 0 Å². The van der Waals surface area contributed by atoms with Crippen molar-refractivity contribution in [3.63, 3.8) is 0 Å². The molecule has 4 aliphatic rings. The molecule has 2 aromatic rings. The lowest BCUT2D eigenvalue weighted by atomic mass is 10.0. The van der Waals surface area contributed by atoms with Gasteiger partial charge in [-0.25, -0.2) is 19.6 Å². The van der Waals surface area contributed by atoms with Crippen molar-refractivity contribution in [2.75, 3.05) is 23.1 Å². The average Bonchev–Trinajstić information content (AvgIpc) is 4.22. The Kier molecular flexibility index (Phi) is 30.8. The van der Waals surface area contributed by atoms with Crippen molar-refractivity contribution in [1.29, 1.82) is 0 Å². The van der Waals surface area contributed by atoms with Crippen molar-refractivity contribution in [2.24, 2.45) is 21.8 Å². The minimum Gasteiger partial charge on any atom is -0.456 e. The second kappa shape index (κ2) is 34.8. The van der Waals surface area contributed by atoms with Crippen LogP contribution in [0.4, 0.5) is 0 Å². The first kappa shape index (κ1) is 68.9. The fourth-order valence-corrected chi connectivity index (χ4v) is 12.2. The summed E-state index contributed by atoms with van der Waals surface area (Å²) in [6, 6.07) is -1.76. The lowest BCUT2D eigenvalue weighted by Gasteiger charge is -2.27. The van der Waals surface area contributed by atoms with Gasteiger partial charge in [0, 0.05) is 44.2 Å². The lowest BCUT2D eigenvalue weighted by molar-refractivity contribution is -0.154. The molecule has 6 rings (SSSR count). The predicted octanol–water partition coefficient (Wildman–Crippen LogP) is 10.2. The van der Waals surface area contributed by atoms with Crippen LogP contribution in [0.15, 0.2) is 45.0 Å². The van der Waals surface area contributed by atoms with E-state index in [2.05, 4.69) is 84.6 Å². The van der Waals surface area contributed by atoms with E-state index in [4.69, 9.17) is 21.1 Å². The van der Waals surface area contributed by atoms with Crippen molar-refractivity contribution in [3.05, 3.63) is 56.5 Å². The molecule has 17 nitrogen and oxygen atoms in total. The van der Waals surface area contributed by atoms with Gasteiger partial charge in [-0.2, -0.15) is 0 Å². The van der Waals surface area contributed by atoms with Crippen molar-refractivity contribution >= 4 is 143 Å². The normalized spacial score (nSPS) is 24.2. The number of ether oxygens (including phenoxy) is 2. The monoisotopic (exact) mass is 1310 g/mol. The molecule has 4 amide bonds. The van der Waals surface area contributed by atoms with Crippen LogP contribution in [0.25, 0.3) is 0 Å². The third-order valence-corrected chi connectivity index (χ3v) is 17.2. The number of thiazole rings is 2. The van der Waals surface area contributed by atoms with Crippen LogP contribution in [0.2, 0.25) is 0 Å². The molecular formula is C54H80ClIN8O9S5. The number of rotatable bonds is 15. The number of alkyl halides is 2. The van der Waals surface area contributed by atoms with Gasteiger partial charge in [-0.1, -0.05) is 128 Å².